The third-order valence-electron chi connectivity index (χ3n) is 4.42. The second kappa shape index (κ2) is 7.40. The molecule has 0 amide bonds. The average Bonchev–Trinajstić information content (AvgIpc) is 2.67. The number of benzene rings is 2. The highest BCUT2D eigenvalue weighted by Gasteiger charge is 2.13. The summed E-state index contributed by atoms with van der Waals surface area (Å²) >= 11 is 3.56. The lowest BCUT2D eigenvalue weighted by molar-refractivity contribution is -0.113. The van der Waals surface area contributed by atoms with Crippen LogP contribution in [-0.4, -0.2) is 22.2 Å². The van der Waals surface area contributed by atoms with Gasteiger partial charge in [-0.1, -0.05) is 46.3 Å². The summed E-state index contributed by atoms with van der Waals surface area (Å²) in [4.78, 5) is 15.9. The van der Waals surface area contributed by atoms with E-state index in [0.717, 1.165) is 26.6 Å². The fraction of sp³-hybridized carbons (Fsp3) is 0.143. The van der Waals surface area contributed by atoms with Gasteiger partial charge in [0.05, 0.1) is 5.69 Å². The molecule has 1 N–H and O–H groups in total. The zero-order valence-corrected chi connectivity index (χ0v) is 16.3. The van der Waals surface area contributed by atoms with Gasteiger partial charge in [-0.3, -0.25) is 9.79 Å². The van der Waals surface area contributed by atoms with E-state index in [1.807, 2.05) is 49.4 Å². The average molecular weight is 421 g/mol. The van der Waals surface area contributed by atoms with Crippen LogP contribution in [0.5, 0.6) is 0 Å². The number of aliphatic imine (C=N–C) groups is 1. The standard InChI is InChI=1S/C21H17BrN4O/c1-13-6-7-14(11-19(13)22)24-21-18-5-3-2-4-17(18)20(25-26-21)12-15-10-16(27)8-9-23-15/h2-7,9-11H,8,12H2,1H3,(H,24,26). The number of allylic oxidation sites excluding steroid dienone is 2. The lowest BCUT2D eigenvalue weighted by Crippen LogP contribution is -2.06. The predicted octanol–water partition coefficient (Wildman–Crippen LogP) is 4.91. The van der Waals surface area contributed by atoms with Crippen LogP contribution in [0.3, 0.4) is 0 Å². The van der Waals surface area contributed by atoms with Gasteiger partial charge >= 0.3 is 0 Å². The number of anilines is 2. The van der Waals surface area contributed by atoms with Gasteiger partial charge in [0.1, 0.15) is 0 Å². The molecule has 0 saturated carbocycles. The summed E-state index contributed by atoms with van der Waals surface area (Å²) in [7, 11) is 0. The zero-order valence-electron chi connectivity index (χ0n) is 14.7. The summed E-state index contributed by atoms with van der Waals surface area (Å²) in [5, 5.41) is 14.1. The van der Waals surface area contributed by atoms with Crippen molar-refractivity contribution in [3.8, 4) is 0 Å². The lowest BCUT2D eigenvalue weighted by atomic mass is 10.1. The third-order valence-corrected chi connectivity index (χ3v) is 5.28. The molecule has 27 heavy (non-hydrogen) atoms. The highest BCUT2D eigenvalue weighted by atomic mass is 79.9. The van der Waals surface area contributed by atoms with Gasteiger partial charge in [-0.05, 0) is 24.6 Å². The molecule has 2 heterocycles. The van der Waals surface area contributed by atoms with Gasteiger partial charge in [-0.25, -0.2) is 0 Å². The highest BCUT2D eigenvalue weighted by molar-refractivity contribution is 9.10. The zero-order chi connectivity index (χ0) is 18.8. The number of hydrogen-bond donors (Lipinski definition) is 1. The molecule has 0 atom stereocenters. The van der Waals surface area contributed by atoms with Crippen molar-refractivity contribution in [3.63, 3.8) is 0 Å². The summed E-state index contributed by atoms with van der Waals surface area (Å²) < 4.78 is 1.04. The fourth-order valence-electron chi connectivity index (χ4n) is 2.99. The Labute approximate surface area is 165 Å². The molecule has 4 rings (SSSR count). The number of ketones is 1. The van der Waals surface area contributed by atoms with Crippen molar-refractivity contribution >= 4 is 50.2 Å². The van der Waals surface area contributed by atoms with Crippen LogP contribution in [0, 0.1) is 6.92 Å². The second-order valence-corrected chi connectivity index (χ2v) is 7.28. The minimum absolute atomic E-state index is 0.0699. The first-order valence-corrected chi connectivity index (χ1v) is 9.43. The second-order valence-electron chi connectivity index (χ2n) is 6.42. The van der Waals surface area contributed by atoms with E-state index in [0.29, 0.717) is 24.4 Å². The molecule has 3 aromatic rings. The maximum absolute atomic E-state index is 11.6. The molecule has 0 saturated heterocycles. The number of nitrogens with zero attached hydrogens (tertiary/aromatic N) is 3. The molecule has 0 bridgehead atoms. The van der Waals surface area contributed by atoms with E-state index in [2.05, 4.69) is 36.4 Å². The molecular weight excluding hydrogens is 404 g/mol. The lowest BCUT2D eigenvalue weighted by Gasteiger charge is -2.12. The topological polar surface area (TPSA) is 67.2 Å². The van der Waals surface area contributed by atoms with Gasteiger partial charge in [0.2, 0.25) is 0 Å². The van der Waals surface area contributed by atoms with Crippen LogP contribution in [0.4, 0.5) is 11.5 Å². The van der Waals surface area contributed by atoms with Crippen LogP contribution in [-0.2, 0) is 11.2 Å². The molecule has 0 spiro atoms. The van der Waals surface area contributed by atoms with Gasteiger partial charge in [0, 0.05) is 51.8 Å². The van der Waals surface area contributed by atoms with E-state index in [4.69, 9.17) is 0 Å². The first-order valence-electron chi connectivity index (χ1n) is 8.63. The monoisotopic (exact) mass is 420 g/mol. The van der Waals surface area contributed by atoms with E-state index < -0.39 is 0 Å². The molecule has 6 heteroatoms. The largest absolute Gasteiger partial charge is 0.338 e. The Kier molecular flexibility index (Phi) is 4.81. The summed E-state index contributed by atoms with van der Waals surface area (Å²) in [5.74, 6) is 0.766. The molecule has 0 radical (unpaired) electrons. The molecule has 1 aliphatic rings. The maximum Gasteiger partial charge on any atom is 0.162 e. The fourth-order valence-corrected chi connectivity index (χ4v) is 3.37. The van der Waals surface area contributed by atoms with Gasteiger partial charge in [-0.2, -0.15) is 5.10 Å². The van der Waals surface area contributed by atoms with E-state index in [9.17, 15) is 4.79 Å². The summed E-state index contributed by atoms with van der Waals surface area (Å²) in [5.41, 5.74) is 3.63. The first-order chi connectivity index (χ1) is 13.1. The van der Waals surface area contributed by atoms with Crippen molar-refractivity contribution in [1.29, 1.82) is 0 Å². The normalized spacial score (nSPS) is 13.7. The van der Waals surface area contributed by atoms with Crippen molar-refractivity contribution in [2.75, 3.05) is 5.32 Å². The van der Waals surface area contributed by atoms with Gasteiger partial charge in [-0.15, -0.1) is 5.10 Å². The Morgan fingerprint density at radius 1 is 1.11 bits per heavy atom. The molecule has 2 aromatic carbocycles. The number of halogens is 1. The Morgan fingerprint density at radius 3 is 2.70 bits per heavy atom. The van der Waals surface area contributed by atoms with Crippen molar-refractivity contribution < 1.29 is 4.79 Å². The minimum atomic E-state index is 0.0699. The SMILES string of the molecule is Cc1ccc(Nc2nnc(CC3=CC(=O)CC=N3)c3ccccc23)cc1Br. The van der Waals surface area contributed by atoms with Crippen LogP contribution >= 0.6 is 15.9 Å². The van der Waals surface area contributed by atoms with Crippen molar-refractivity contribution in [1.82, 2.24) is 10.2 Å². The number of aryl methyl sites for hydroxylation is 1. The molecule has 5 nitrogen and oxygen atoms in total. The number of nitrogens with one attached hydrogen (secondary N) is 1. The molecule has 0 fully saturated rings. The summed E-state index contributed by atoms with van der Waals surface area (Å²) in [6.45, 7) is 2.05. The van der Waals surface area contributed by atoms with Gasteiger partial charge in [0.15, 0.2) is 11.6 Å². The number of hydrogen-bond acceptors (Lipinski definition) is 5. The van der Waals surface area contributed by atoms with E-state index in [-0.39, 0.29) is 5.78 Å². The maximum atomic E-state index is 11.6. The quantitative estimate of drug-likeness (QED) is 0.650. The summed E-state index contributed by atoms with van der Waals surface area (Å²) in [6, 6.07) is 14.1. The minimum Gasteiger partial charge on any atom is -0.338 e. The molecular formula is C21H17BrN4O. The van der Waals surface area contributed by atoms with Crippen LogP contribution in [0.15, 0.2) is 63.7 Å². The number of carbonyl (C=O) groups excluding carboxylic acids is 1. The Morgan fingerprint density at radius 2 is 1.93 bits per heavy atom. The van der Waals surface area contributed by atoms with E-state index in [1.54, 1.807) is 12.3 Å². The van der Waals surface area contributed by atoms with E-state index in [1.165, 1.54) is 5.56 Å². The van der Waals surface area contributed by atoms with Crippen LogP contribution in [0.25, 0.3) is 10.8 Å². The summed E-state index contributed by atoms with van der Waals surface area (Å²) in [6.07, 6.45) is 4.09. The van der Waals surface area contributed by atoms with Crippen molar-refractivity contribution in [2.24, 2.45) is 4.99 Å². The highest BCUT2D eigenvalue weighted by Crippen LogP contribution is 2.29. The van der Waals surface area contributed by atoms with Crippen LogP contribution in [0.1, 0.15) is 17.7 Å². The van der Waals surface area contributed by atoms with Gasteiger partial charge in [0.25, 0.3) is 0 Å². The van der Waals surface area contributed by atoms with Crippen molar-refractivity contribution in [2.45, 2.75) is 19.8 Å². The Balaban J connectivity index is 1.70. The Bertz CT molecular complexity index is 1100. The molecule has 134 valence electrons. The molecule has 0 unspecified atom stereocenters. The van der Waals surface area contributed by atoms with Crippen LogP contribution in [0.2, 0.25) is 0 Å². The van der Waals surface area contributed by atoms with Crippen LogP contribution < -0.4 is 5.32 Å². The third kappa shape index (κ3) is 3.80. The number of rotatable bonds is 4. The Hall–Kier alpha value is -2.86. The number of fused-ring (bicyclic) bond motifs is 1. The predicted molar refractivity (Wildman–Crippen MR) is 112 cm³/mol. The first kappa shape index (κ1) is 17.5. The number of aromatic nitrogens is 2. The molecule has 0 aliphatic carbocycles. The molecule has 1 aromatic heterocycles. The smallest absolute Gasteiger partial charge is 0.162 e. The number of carbonyl (C=O) groups is 1. The van der Waals surface area contributed by atoms with E-state index >= 15 is 0 Å². The molecule has 1 aliphatic heterocycles. The van der Waals surface area contributed by atoms with Crippen molar-refractivity contribution in [3.05, 3.63) is 70.0 Å². The van der Waals surface area contributed by atoms with Gasteiger partial charge < -0.3 is 5.32 Å².